The largest absolute Gasteiger partial charge is 0.459 e. The first-order valence-electron chi connectivity index (χ1n) is 6.58. The lowest BCUT2D eigenvalue weighted by atomic mass is 9.96. The maximum absolute atomic E-state index is 11.8. The van der Waals surface area contributed by atoms with E-state index in [0.717, 1.165) is 24.8 Å². The molecule has 0 radical (unpaired) electrons. The fourth-order valence-electron chi connectivity index (χ4n) is 2.22. The quantitative estimate of drug-likeness (QED) is 0.547. The molecule has 0 N–H and O–H groups in total. The Balaban J connectivity index is 2.58. The van der Waals surface area contributed by atoms with Crippen LogP contribution >= 0.6 is 0 Å². The van der Waals surface area contributed by atoms with Gasteiger partial charge in [0.2, 0.25) is 0 Å². The third-order valence-electron chi connectivity index (χ3n) is 3.04. The van der Waals surface area contributed by atoms with E-state index in [1.54, 1.807) is 6.08 Å². The average molecular weight is 236 g/mol. The summed E-state index contributed by atoms with van der Waals surface area (Å²) in [5.74, 6) is 0.525. The zero-order chi connectivity index (χ0) is 12.8. The van der Waals surface area contributed by atoms with Crippen LogP contribution in [0, 0.1) is 11.8 Å². The highest BCUT2D eigenvalue weighted by Gasteiger charge is 2.21. The highest BCUT2D eigenvalue weighted by atomic mass is 16.5. The minimum Gasteiger partial charge on any atom is -0.459 e. The van der Waals surface area contributed by atoms with E-state index in [1.807, 2.05) is 6.08 Å². The van der Waals surface area contributed by atoms with Gasteiger partial charge in [0.15, 0.2) is 0 Å². The highest BCUT2D eigenvalue weighted by Crippen LogP contribution is 2.19. The first-order valence-corrected chi connectivity index (χ1v) is 6.58. The summed E-state index contributed by atoms with van der Waals surface area (Å²) in [6, 6.07) is 0. The Morgan fingerprint density at radius 1 is 1.29 bits per heavy atom. The SMILES string of the molecule is CC(C)C(OC(=O)/C=C1\C=CCCC1)C(C)C. The van der Waals surface area contributed by atoms with Crippen molar-refractivity contribution in [3.8, 4) is 0 Å². The minimum absolute atomic E-state index is 0.00641. The second-order valence-corrected chi connectivity index (χ2v) is 5.40. The van der Waals surface area contributed by atoms with Crippen LogP contribution in [0.1, 0.15) is 47.0 Å². The van der Waals surface area contributed by atoms with Crippen molar-refractivity contribution >= 4 is 5.97 Å². The van der Waals surface area contributed by atoms with Gasteiger partial charge in [0, 0.05) is 6.08 Å². The van der Waals surface area contributed by atoms with Gasteiger partial charge < -0.3 is 4.74 Å². The van der Waals surface area contributed by atoms with E-state index in [0.29, 0.717) is 11.8 Å². The number of hydrogen-bond acceptors (Lipinski definition) is 2. The molecule has 0 saturated carbocycles. The van der Waals surface area contributed by atoms with Gasteiger partial charge >= 0.3 is 5.97 Å². The third kappa shape index (κ3) is 4.76. The molecule has 0 atom stereocenters. The predicted molar refractivity (Wildman–Crippen MR) is 70.6 cm³/mol. The molecule has 1 rings (SSSR count). The number of ether oxygens (including phenoxy) is 1. The van der Waals surface area contributed by atoms with E-state index in [-0.39, 0.29) is 12.1 Å². The standard InChI is InChI=1S/C15H24O2/c1-11(2)15(12(3)4)17-14(16)10-13-8-6-5-7-9-13/h6,8,10-12,15H,5,7,9H2,1-4H3/b13-10+. The van der Waals surface area contributed by atoms with Crippen LogP contribution in [0.4, 0.5) is 0 Å². The van der Waals surface area contributed by atoms with Gasteiger partial charge in [-0.1, -0.05) is 39.8 Å². The first-order chi connectivity index (χ1) is 8.00. The lowest BCUT2D eigenvalue weighted by Crippen LogP contribution is -2.28. The predicted octanol–water partition coefficient (Wildman–Crippen LogP) is 3.88. The van der Waals surface area contributed by atoms with E-state index in [2.05, 4.69) is 33.8 Å². The maximum atomic E-state index is 11.8. The van der Waals surface area contributed by atoms with Crippen LogP contribution in [0.25, 0.3) is 0 Å². The lowest BCUT2D eigenvalue weighted by molar-refractivity contribution is -0.147. The molecule has 0 amide bonds. The molecular formula is C15H24O2. The highest BCUT2D eigenvalue weighted by molar-refractivity contribution is 5.83. The maximum Gasteiger partial charge on any atom is 0.331 e. The summed E-state index contributed by atoms with van der Waals surface area (Å²) in [7, 11) is 0. The Hall–Kier alpha value is -1.05. The molecule has 0 aromatic rings. The van der Waals surface area contributed by atoms with Gasteiger partial charge in [-0.25, -0.2) is 4.79 Å². The van der Waals surface area contributed by atoms with Gasteiger partial charge in [-0.2, -0.15) is 0 Å². The molecule has 0 fully saturated rings. The molecule has 17 heavy (non-hydrogen) atoms. The third-order valence-corrected chi connectivity index (χ3v) is 3.04. The van der Waals surface area contributed by atoms with Crippen LogP contribution in [0.2, 0.25) is 0 Å². The Labute approximate surface area is 105 Å². The second kappa shape index (κ2) is 6.63. The zero-order valence-electron chi connectivity index (χ0n) is 11.4. The molecule has 1 aliphatic rings. The van der Waals surface area contributed by atoms with Crippen molar-refractivity contribution in [2.45, 2.75) is 53.1 Å². The summed E-state index contributed by atoms with van der Waals surface area (Å²) in [5.41, 5.74) is 1.09. The second-order valence-electron chi connectivity index (χ2n) is 5.40. The van der Waals surface area contributed by atoms with Crippen molar-refractivity contribution in [3.05, 3.63) is 23.8 Å². The Morgan fingerprint density at radius 2 is 1.94 bits per heavy atom. The van der Waals surface area contributed by atoms with Gasteiger partial charge in [-0.05, 0) is 36.7 Å². The molecule has 0 unspecified atom stereocenters. The van der Waals surface area contributed by atoms with E-state index >= 15 is 0 Å². The Morgan fingerprint density at radius 3 is 2.41 bits per heavy atom. The van der Waals surface area contributed by atoms with Gasteiger partial charge in [0.1, 0.15) is 6.10 Å². The van der Waals surface area contributed by atoms with Gasteiger partial charge in [-0.3, -0.25) is 0 Å². The summed E-state index contributed by atoms with van der Waals surface area (Å²) >= 11 is 0. The van der Waals surface area contributed by atoms with Gasteiger partial charge in [0.05, 0.1) is 0 Å². The minimum atomic E-state index is -0.195. The molecule has 96 valence electrons. The van der Waals surface area contributed by atoms with E-state index in [1.165, 1.54) is 0 Å². The molecule has 0 aliphatic heterocycles. The van der Waals surface area contributed by atoms with Crippen LogP contribution in [-0.4, -0.2) is 12.1 Å². The molecule has 2 nitrogen and oxygen atoms in total. The van der Waals surface area contributed by atoms with Gasteiger partial charge in [-0.15, -0.1) is 0 Å². The monoisotopic (exact) mass is 236 g/mol. The van der Waals surface area contributed by atoms with Crippen LogP contribution in [-0.2, 0) is 9.53 Å². The lowest BCUT2D eigenvalue weighted by Gasteiger charge is -2.24. The Kier molecular flexibility index (Phi) is 5.46. The number of carbonyl (C=O) groups excluding carboxylic acids is 1. The molecule has 1 aliphatic carbocycles. The topological polar surface area (TPSA) is 26.3 Å². The van der Waals surface area contributed by atoms with Crippen molar-refractivity contribution < 1.29 is 9.53 Å². The first kappa shape index (κ1) is 14.0. The molecule has 0 heterocycles. The van der Waals surface area contributed by atoms with Crippen molar-refractivity contribution in [1.82, 2.24) is 0 Å². The number of esters is 1. The number of carbonyl (C=O) groups is 1. The molecule has 0 aromatic heterocycles. The van der Waals surface area contributed by atoms with Crippen molar-refractivity contribution in [1.29, 1.82) is 0 Å². The molecule has 0 spiro atoms. The van der Waals surface area contributed by atoms with E-state index < -0.39 is 0 Å². The van der Waals surface area contributed by atoms with E-state index in [4.69, 9.17) is 4.74 Å². The van der Waals surface area contributed by atoms with Crippen LogP contribution in [0.15, 0.2) is 23.8 Å². The summed E-state index contributed by atoms with van der Waals surface area (Å²) in [5, 5.41) is 0. The van der Waals surface area contributed by atoms with Crippen molar-refractivity contribution in [3.63, 3.8) is 0 Å². The molecule has 0 aromatic carbocycles. The van der Waals surface area contributed by atoms with Crippen LogP contribution in [0.3, 0.4) is 0 Å². The molecule has 0 saturated heterocycles. The number of hydrogen-bond donors (Lipinski definition) is 0. The fourth-order valence-corrected chi connectivity index (χ4v) is 2.22. The fraction of sp³-hybridized carbons (Fsp3) is 0.667. The van der Waals surface area contributed by atoms with Crippen molar-refractivity contribution in [2.75, 3.05) is 0 Å². The molecular weight excluding hydrogens is 212 g/mol. The summed E-state index contributed by atoms with van der Waals surface area (Å²) < 4.78 is 5.53. The average Bonchev–Trinajstić information content (AvgIpc) is 2.26. The summed E-state index contributed by atoms with van der Waals surface area (Å²) in [6.07, 6.45) is 9.04. The molecule has 2 heteroatoms. The van der Waals surface area contributed by atoms with Crippen LogP contribution < -0.4 is 0 Å². The Bertz CT molecular complexity index is 303. The normalized spacial score (nSPS) is 18.4. The van der Waals surface area contributed by atoms with E-state index in [9.17, 15) is 4.79 Å². The summed E-state index contributed by atoms with van der Waals surface area (Å²) in [6.45, 7) is 8.36. The summed E-state index contributed by atoms with van der Waals surface area (Å²) in [4.78, 5) is 11.8. The molecule has 0 bridgehead atoms. The van der Waals surface area contributed by atoms with Gasteiger partial charge in [0.25, 0.3) is 0 Å². The smallest absolute Gasteiger partial charge is 0.331 e. The van der Waals surface area contributed by atoms with Crippen LogP contribution in [0.5, 0.6) is 0 Å². The van der Waals surface area contributed by atoms with Crippen molar-refractivity contribution in [2.24, 2.45) is 11.8 Å². The number of rotatable bonds is 4. The number of allylic oxidation sites excluding steroid dienone is 3. The zero-order valence-corrected chi connectivity index (χ0v) is 11.4.